The lowest BCUT2D eigenvalue weighted by Crippen LogP contribution is -2.52. The van der Waals surface area contributed by atoms with Gasteiger partial charge in [-0.3, -0.25) is 9.59 Å². The molecule has 0 radical (unpaired) electrons. The van der Waals surface area contributed by atoms with E-state index in [1.54, 1.807) is 13.8 Å². The summed E-state index contributed by atoms with van der Waals surface area (Å²) in [6.45, 7) is 7.48. The zero-order valence-corrected chi connectivity index (χ0v) is 15.8. The Kier molecular flexibility index (Phi) is 4.71. The molecule has 1 aromatic heterocycles. The number of alkyl halides is 3. The predicted molar refractivity (Wildman–Crippen MR) is 90.0 cm³/mol. The van der Waals surface area contributed by atoms with Gasteiger partial charge >= 0.3 is 6.18 Å². The van der Waals surface area contributed by atoms with Gasteiger partial charge in [0.2, 0.25) is 5.60 Å². The molecule has 0 saturated heterocycles. The zero-order valence-electron chi connectivity index (χ0n) is 15.0. The smallest absolute Gasteiger partial charge is 0.373 e. The van der Waals surface area contributed by atoms with Crippen molar-refractivity contribution in [3.63, 3.8) is 0 Å². The molecule has 0 aromatic carbocycles. The van der Waals surface area contributed by atoms with Crippen molar-refractivity contribution in [1.29, 1.82) is 0 Å². The van der Waals surface area contributed by atoms with Gasteiger partial charge in [-0.15, -0.1) is 11.3 Å². The molecule has 0 aliphatic carbocycles. The summed E-state index contributed by atoms with van der Waals surface area (Å²) in [6.07, 6.45) is -4.88. The van der Waals surface area contributed by atoms with Crippen LogP contribution in [0.2, 0.25) is 0 Å². The third kappa shape index (κ3) is 3.45. The lowest BCUT2D eigenvalue weighted by molar-refractivity contribution is -0.242. The van der Waals surface area contributed by atoms with E-state index in [0.29, 0.717) is 23.8 Å². The number of amides is 2. The van der Waals surface area contributed by atoms with Gasteiger partial charge in [0.25, 0.3) is 11.8 Å². The normalized spacial score (nSPS) is 20.8. The van der Waals surface area contributed by atoms with Crippen LogP contribution in [0.15, 0.2) is 0 Å². The molecule has 2 rings (SSSR count). The number of primary amides is 1. The fourth-order valence-electron chi connectivity index (χ4n) is 3.02. The first-order valence-corrected chi connectivity index (χ1v) is 8.58. The molecule has 6 nitrogen and oxygen atoms in total. The minimum absolute atomic E-state index is 0.0548. The average Bonchev–Trinajstić information content (AvgIpc) is 2.73. The van der Waals surface area contributed by atoms with E-state index in [1.807, 2.05) is 19.2 Å². The second kappa shape index (κ2) is 5.93. The predicted octanol–water partition coefficient (Wildman–Crippen LogP) is 2.69. The summed E-state index contributed by atoms with van der Waals surface area (Å²) in [4.78, 5) is 24.5. The van der Waals surface area contributed by atoms with Crippen LogP contribution in [-0.2, 0) is 21.6 Å². The zero-order chi connectivity index (χ0) is 20.3. The number of hydrogen-bond acceptors (Lipinski definition) is 5. The molecule has 146 valence electrons. The van der Waals surface area contributed by atoms with Gasteiger partial charge in [-0.05, 0) is 40.2 Å². The van der Waals surface area contributed by atoms with E-state index in [-0.39, 0.29) is 10.6 Å². The number of anilines is 1. The number of halogens is 3. The van der Waals surface area contributed by atoms with Gasteiger partial charge < -0.3 is 20.9 Å². The summed E-state index contributed by atoms with van der Waals surface area (Å²) >= 11 is 0.917. The maximum absolute atomic E-state index is 12.9. The molecule has 26 heavy (non-hydrogen) atoms. The number of fused-ring (bicyclic) bond motifs is 1. The van der Waals surface area contributed by atoms with Crippen molar-refractivity contribution in [2.45, 2.75) is 64.0 Å². The van der Waals surface area contributed by atoms with E-state index in [4.69, 9.17) is 10.5 Å². The first-order valence-electron chi connectivity index (χ1n) is 7.76. The Morgan fingerprint density at radius 2 is 1.81 bits per heavy atom. The molecular formula is C16H21F3N2O4S. The van der Waals surface area contributed by atoms with Crippen molar-refractivity contribution < 1.29 is 32.6 Å². The van der Waals surface area contributed by atoms with Crippen molar-refractivity contribution in [2.24, 2.45) is 5.73 Å². The highest BCUT2D eigenvalue weighted by atomic mass is 32.1. The number of thiophene rings is 1. The van der Waals surface area contributed by atoms with Crippen LogP contribution in [0.3, 0.4) is 0 Å². The number of ether oxygens (including phenoxy) is 1. The monoisotopic (exact) mass is 394 g/mol. The Hall–Kier alpha value is -1.65. The van der Waals surface area contributed by atoms with E-state index in [2.05, 4.69) is 0 Å². The highest BCUT2D eigenvalue weighted by Gasteiger charge is 2.56. The molecule has 4 N–H and O–H groups in total. The molecular weight excluding hydrogens is 373 g/mol. The van der Waals surface area contributed by atoms with E-state index in [9.17, 15) is 27.9 Å². The topological polar surface area (TPSA) is 102 Å². The lowest BCUT2D eigenvalue weighted by atomic mass is 9.86. The van der Waals surface area contributed by atoms with Gasteiger partial charge in [0.05, 0.1) is 16.8 Å². The van der Waals surface area contributed by atoms with E-state index in [1.165, 1.54) is 0 Å². The van der Waals surface area contributed by atoms with Crippen LogP contribution in [0, 0.1) is 0 Å². The first kappa shape index (κ1) is 20.7. The highest BCUT2D eigenvalue weighted by Crippen LogP contribution is 2.48. The molecule has 0 bridgehead atoms. The summed E-state index contributed by atoms with van der Waals surface area (Å²) < 4.78 is 44.6. The number of aliphatic hydroxyl groups is 1. The summed E-state index contributed by atoms with van der Waals surface area (Å²) in [5.41, 5.74) is 0.816. The summed E-state index contributed by atoms with van der Waals surface area (Å²) in [5, 5.41) is 11.4. The minimum Gasteiger partial charge on any atom is -0.373 e. The molecule has 1 aliphatic heterocycles. The van der Waals surface area contributed by atoms with Crippen molar-refractivity contribution in [3.8, 4) is 0 Å². The van der Waals surface area contributed by atoms with Crippen LogP contribution in [0.5, 0.6) is 0 Å². The SMILES string of the molecule is CC1(C)Cc2c(sc(NC(=O)C(C)(O)C(F)(F)F)c2C(N)=O)C(C)(C)O1. The maximum atomic E-state index is 12.9. The molecule has 2 amide bonds. The number of carbonyl (C=O) groups excluding carboxylic acids is 2. The Morgan fingerprint density at radius 1 is 1.27 bits per heavy atom. The number of rotatable bonds is 3. The van der Waals surface area contributed by atoms with Gasteiger partial charge in [-0.1, -0.05) is 0 Å². The Labute approximate surface area is 152 Å². The molecule has 1 unspecified atom stereocenters. The van der Waals surface area contributed by atoms with E-state index in [0.717, 1.165) is 11.3 Å². The molecule has 1 aromatic rings. The molecule has 1 aliphatic rings. The van der Waals surface area contributed by atoms with Crippen LogP contribution in [0.4, 0.5) is 18.2 Å². The molecule has 0 fully saturated rings. The molecule has 1 atom stereocenters. The van der Waals surface area contributed by atoms with Gasteiger partial charge in [-0.2, -0.15) is 13.2 Å². The first-order chi connectivity index (χ1) is 11.5. The molecule has 0 spiro atoms. The van der Waals surface area contributed by atoms with Crippen molar-refractivity contribution in [1.82, 2.24) is 0 Å². The Morgan fingerprint density at radius 3 is 2.27 bits per heavy atom. The number of nitrogens with one attached hydrogen (secondary N) is 1. The highest BCUT2D eigenvalue weighted by molar-refractivity contribution is 7.17. The van der Waals surface area contributed by atoms with Crippen molar-refractivity contribution in [2.75, 3.05) is 5.32 Å². The fraction of sp³-hybridized carbons (Fsp3) is 0.625. The number of nitrogens with two attached hydrogens (primary N) is 1. The molecule has 0 saturated carbocycles. The van der Waals surface area contributed by atoms with Crippen LogP contribution in [-0.4, -0.2) is 34.3 Å². The standard InChI is InChI=1S/C16H21F3N2O4S/c1-13(2)6-7-8(10(20)22)11(26-9(7)14(3,4)25-13)21-12(23)15(5,24)16(17,18)19/h24H,6H2,1-5H3,(H2,20,22)(H,21,23). The van der Waals surface area contributed by atoms with Gasteiger partial charge in [0.15, 0.2) is 0 Å². The minimum atomic E-state index is -5.18. The number of hydrogen-bond donors (Lipinski definition) is 3. The maximum Gasteiger partial charge on any atom is 0.426 e. The second-order valence-electron chi connectivity index (χ2n) is 7.55. The largest absolute Gasteiger partial charge is 0.426 e. The summed E-state index contributed by atoms with van der Waals surface area (Å²) in [7, 11) is 0. The Balaban J connectivity index is 2.54. The molecule has 10 heteroatoms. The van der Waals surface area contributed by atoms with E-state index < -0.39 is 34.8 Å². The third-order valence-electron chi connectivity index (χ3n) is 4.16. The van der Waals surface area contributed by atoms with Crippen molar-refractivity contribution in [3.05, 3.63) is 16.0 Å². The van der Waals surface area contributed by atoms with E-state index >= 15 is 0 Å². The third-order valence-corrected chi connectivity index (χ3v) is 5.61. The number of carbonyl (C=O) groups is 2. The quantitative estimate of drug-likeness (QED) is 0.734. The van der Waals surface area contributed by atoms with Gasteiger partial charge in [0.1, 0.15) is 5.00 Å². The molecule has 2 heterocycles. The second-order valence-corrected chi connectivity index (χ2v) is 8.57. The van der Waals surface area contributed by atoms with Crippen LogP contribution >= 0.6 is 11.3 Å². The summed E-state index contributed by atoms with van der Waals surface area (Å²) in [5.74, 6) is -2.57. The summed E-state index contributed by atoms with van der Waals surface area (Å²) in [6, 6.07) is 0. The fourth-order valence-corrected chi connectivity index (χ4v) is 4.28. The van der Waals surface area contributed by atoms with Gasteiger partial charge in [-0.25, -0.2) is 0 Å². The average molecular weight is 394 g/mol. The van der Waals surface area contributed by atoms with Crippen LogP contribution < -0.4 is 11.1 Å². The van der Waals surface area contributed by atoms with Crippen LogP contribution in [0.1, 0.15) is 55.4 Å². The Bertz CT molecular complexity index is 766. The van der Waals surface area contributed by atoms with Crippen LogP contribution in [0.25, 0.3) is 0 Å². The van der Waals surface area contributed by atoms with Gasteiger partial charge in [0, 0.05) is 11.3 Å². The van der Waals surface area contributed by atoms with Crippen molar-refractivity contribution >= 4 is 28.2 Å². The lowest BCUT2D eigenvalue weighted by Gasteiger charge is -2.41.